The van der Waals surface area contributed by atoms with E-state index in [1.165, 1.54) is 6.26 Å². The number of anilines is 1. The predicted molar refractivity (Wildman–Crippen MR) is 75.7 cm³/mol. The van der Waals surface area contributed by atoms with Crippen LogP contribution in [-0.2, 0) is 9.84 Å². The van der Waals surface area contributed by atoms with E-state index in [0.29, 0.717) is 11.4 Å². The molecule has 0 fully saturated rings. The van der Waals surface area contributed by atoms with Gasteiger partial charge in [-0.3, -0.25) is 0 Å². The maximum absolute atomic E-state index is 11.7. The highest BCUT2D eigenvalue weighted by Gasteiger charge is 2.14. The van der Waals surface area contributed by atoms with E-state index >= 15 is 0 Å². The first-order valence-electron chi connectivity index (χ1n) is 6.17. The summed E-state index contributed by atoms with van der Waals surface area (Å²) in [6.45, 7) is 1.55. The Bertz CT molecular complexity index is 472. The molecular weight excluding hydrogens is 248 g/mol. The Balaban J connectivity index is 2.77. The lowest BCUT2D eigenvalue weighted by Gasteiger charge is -2.21. The van der Waals surface area contributed by atoms with Crippen LogP contribution in [0, 0.1) is 0 Å². The Morgan fingerprint density at radius 1 is 1.17 bits per heavy atom. The van der Waals surface area contributed by atoms with Crippen LogP contribution in [0.15, 0.2) is 29.2 Å². The molecule has 0 atom stereocenters. The minimum absolute atomic E-state index is 0.395. The number of para-hydroxylation sites is 1. The summed E-state index contributed by atoms with van der Waals surface area (Å²) >= 11 is 0. The van der Waals surface area contributed by atoms with Crippen molar-refractivity contribution in [3.05, 3.63) is 24.3 Å². The fraction of sp³-hybridized carbons (Fsp3) is 0.538. The molecule has 0 unspecified atom stereocenters. The molecule has 0 radical (unpaired) electrons. The fourth-order valence-electron chi connectivity index (χ4n) is 1.88. The predicted octanol–water partition coefficient (Wildman–Crippen LogP) is 1.66. The van der Waals surface area contributed by atoms with E-state index in [1.807, 2.05) is 24.1 Å². The van der Waals surface area contributed by atoms with Gasteiger partial charge >= 0.3 is 0 Å². The van der Waals surface area contributed by atoms with Gasteiger partial charge in [0.1, 0.15) is 0 Å². The summed E-state index contributed by atoms with van der Waals surface area (Å²) in [4.78, 5) is 2.39. The van der Waals surface area contributed by atoms with Gasteiger partial charge in [-0.25, -0.2) is 8.42 Å². The average molecular weight is 270 g/mol. The average Bonchev–Trinajstić information content (AvgIpc) is 2.33. The number of rotatable bonds is 7. The Morgan fingerprint density at radius 2 is 1.83 bits per heavy atom. The zero-order chi connectivity index (χ0) is 13.6. The number of benzene rings is 1. The Morgan fingerprint density at radius 3 is 2.44 bits per heavy atom. The van der Waals surface area contributed by atoms with Gasteiger partial charge in [0, 0.05) is 19.8 Å². The molecule has 0 heterocycles. The van der Waals surface area contributed by atoms with Crippen LogP contribution in [0.3, 0.4) is 0 Å². The molecule has 0 aliphatic heterocycles. The third-order valence-corrected chi connectivity index (χ3v) is 4.02. The highest BCUT2D eigenvalue weighted by Crippen LogP contribution is 2.24. The van der Waals surface area contributed by atoms with Gasteiger partial charge in [-0.2, -0.15) is 0 Å². The molecule has 0 aromatic heterocycles. The molecule has 0 bridgehead atoms. The molecule has 5 heteroatoms. The number of nitrogens with zero attached hydrogens (tertiary/aromatic N) is 1. The Kier molecular flexibility index (Phi) is 5.62. The molecule has 0 saturated carbocycles. The lowest BCUT2D eigenvalue weighted by Crippen LogP contribution is -2.21. The second-order valence-electron chi connectivity index (χ2n) is 4.51. The van der Waals surface area contributed by atoms with Crippen LogP contribution >= 0.6 is 0 Å². The first-order chi connectivity index (χ1) is 8.46. The molecule has 0 aliphatic rings. The molecule has 0 saturated heterocycles. The minimum atomic E-state index is -3.18. The fourth-order valence-corrected chi connectivity index (χ4v) is 2.81. The van der Waals surface area contributed by atoms with Crippen molar-refractivity contribution in [2.45, 2.75) is 24.2 Å². The maximum Gasteiger partial charge on any atom is 0.177 e. The van der Waals surface area contributed by atoms with E-state index in [0.717, 1.165) is 31.5 Å². The molecule has 102 valence electrons. The van der Waals surface area contributed by atoms with Crippen molar-refractivity contribution in [2.75, 3.05) is 31.3 Å². The molecule has 1 rings (SSSR count). The summed E-state index contributed by atoms with van der Waals surface area (Å²) in [5.41, 5.74) is 6.22. The highest BCUT2D eigenvalue weighted by atomic mass is 32.2. The third kappa shape index (κ3) is 4.31. The highest BCUT2D eigenvalue weighted by molar-refractivity contribution is 7.90. The smallest absolute Gasteiger partial charge is 0.177 e. The maximum atomic E-state index is 11.7. The van der Waals surface area contributed by atoms with Crippen molar-refractivity contribution in [2.24, 2.45) is 5.73 Å². The number of sulfone groups is 1. The largest absolute Gasteiger partial charge is 0.374 e. The van der Waals surface area contributed by atoms with Crippen molar-refractivity contribution >= 4 is 15.5 Å². The zero-order valence-corrected chi connectivity index (χ0v) is 11.9. The molecule has 0 spiro atoms. The van der Waals surface area contributed by atoms with E-state index in [1.54, 1.807) is 12.1 Å². The summed E-state index contributed by atoms with van der Waals surface area (Å²) in [5.74, 6) is 0. The molecule has 1 aromatic rings. The molecule has 18 heavy (non-hydrogen) atoms. The second-order valence-corrected chi connectivity index (χ2v) is 6.49. The van der Waals surface area contributed by atoms with Crippen molar-refractivity contribution < 1.29 is 8.42 Å². The summed E-state index contributed by atoms with van der Waals surface area (Å²) in [7, 11) is -1.25. The summed E-state index contributed by atoms with van der Waals surface area (Å²) < 4.78 is 23.4. The molecule has 2 N–H and O–H groups in total. The van der Waals surface area contributed by atoms with E-state index < -0.39 is 9.84 Å². The summed E-state index contributed by atoms with van der Waals surface area (Å²) in [6.07, 6.45) is 4.35. The lowest BCUT2D eigenvalue weighted by molar-refractivity contribution is 0.601. The molecule has 4 nitrogen and oxygen atoms in total. The van der Waals surface area contributed by atoms with Crippen LogP contribution in [0.4, 0.5) is 5.69 Å². The van der Waals surface area contributed by atoms with Gasteiger partial charge in [0.25, 0.3) is 0 Å². The van der Waals surface area contributed by atoms with Crippen LogP contribution in [0.2, 0.25) is 0 Å². The van der Waals surface area contributed by atoms with Crippen molar-refractivity contribution in [3.8, 4) is 0 Å². The summed E-state index contributed by atoms with van der Waals surface area (Å²) in [6, 6.07) is 7.11. The molecular formula is C13H22N2O2S. The van der Waals surface area contributed by atoms with Crippen LogP contribution < -0.4 is 10.6 Å². The topological polar surface area (TPSA) is 63.4 Å². The van der Waals surface area contributed by atoms with E-state index in [4.69, 9.17) is 5.73 Å². The van der Waals surface area contributed by atoms with Gasteiger partial charge in [-0.05, 0) is 31.5 Å². The van der Waals surface area contributed by atoms with Crippen LogP contribution in [0.25, 0.3) is 0 Å². The van der Waals surface area contributed by atoms with E-state index in [9.17, 15) is 8.42 Å². The van der Waals surface area contributed by atoms with E-state index in [-0.39, 0.29) is 0 Å². The number of nitrogens with two attached hydrogens (primary N) is 1. The first kappa shape index (κ1) is 15.0. The van der Waals surface area contributed by atoms with Crippen LogP contribution in [-0.4, -0.2) is 34.8 Å². The monoisotopic (exact) mass is 270 g/mol. The minimum Gasteiger partial charge on any atom is -0.374 e. The number of hydrogen-bond acceptors (Lipinski definition) is 4. The zero-order valence-electron chi connectivity index (χ0n) is 11.1. The normalized spacial score (nSPS) is 11.5. The quantitative estimate of drug-likeness (QED) is 0.765. The SMILES string of the molecule is CN(CCCCCN)c1ccccc1S(C)(=O)=O. The van der Waals surface area contributed by atoms with Crippen molar-refractivity contribution in [1.29, 1.82) is 0 Å². The standard InChI is InChI=1S/C13H22N2O2S/c1-15(11-7-3-6-10-14)12-8-4-5-9-13(12)18(2,16)17/h4-5,8-9H,3,6-7,10-11,14H2,1-2H3. The van der Waals surface area contributed by atoms with Gasteiger partial charge in [0.05, 0.1) is 10.6 Å². The molecule has 0 aliphatic carbocycles. The van der Waals surface area contributed by atoms with Crippen LogP contribution in [0.5, 0.6) is 0 Å². The second kappa shape index (κ2) is 6.75. The van der Waals surface area contributed by atoms with Gasteiger partial charge in [0.15, 0.2) is 9.84 Å². The third-order valence-electron chi connectivity index (χ3n) is 2.87. The summed E-state index contributed by atoms with van der Waals surface area (Å²) in [5, 5.41) is 0. The Labute approximate surface area is 110 Å². The van der Waals surface area contributed by atoms with Crippen molar-refractivity contribution in [3.63, 3.8) is 0 Å². The van der Waals surface area contributed by atoms with Gasteiger partial charge in [0.2, 0.25) is 0 Å². The molecule has 0 amide bonds. The van der Waals surface area contributed by atoms with Gasteiger partial charge < -0.3 is 10.6 Å². The van der Waals surface area contributed by atoms with Crippen molar-refractivity contribution in [1.82, 2.24) is 0 Å². The van der Waals surface area contributed by atoms with Gasteiger partial charge in [-0.1, -0.05) is 18.6 Å². The molecule has 1 aromatic carbocycles. The lowest BCUT2D eigenvalue weighted by atomic mass is 10.2. The van der Waals surface area contributed by atoms with Crippen LogP contribution in [0.1, 0.15) is 19.3 Å². The number of hydrogen-bond donors (Lipinski definition) is 1. The number of unbranched alkanes of at least 4 members (excludes halogenated alkanes) is 2. The first-order valence-corrected chi connectivity index (χ1v) is 8.06. The Hall–Kier alpha value is -1.07. The van der Waals surface area contributed by atoms with E-state index in [2.05, 4.69) is 0 Å². The van der Waals surface area contributed by atoms with Gasteiger partial charge in [-0.15, -0.1) is 0 Å².